The molecule has 3 aromatic rings. The highest BCUT2D eigenvalue weighted by Crippen LogP contribution is 2.27. The first-order valence-corrected chi connectivity index (χ1v) is 12.4. The van der Waals surface area contributed by atoms with Crippen LogP contribution in [0.25, 0.3) is 5.57 Å². The lowest BCUT2D eigenvalue weighted by atomic mass is 10.1. The summed E-state index contributed by atoms with van der Waals surface area (Å²) in [7, 11) is 0. The van der Waals surface area contributed by atoms with Crippen LogP contribution in [-0.4, -0.2) is 26.5 Å². The molecule has 0 saturated heterocycles. The SMILES string of the molecule is C\C=C/C(=C\C(C)=C\CC)c1ncc(CNc2ncnc(N3CCc4ncccc4C3)c2C)cc1F. The fourth-order valence-corrected chi connectivity index (χ4v) is 4.46. The number of allylic oxidation sites excluding steroid dienone is 6. The average molecular weight is 485 g/mol. The molecule has 1 N–H and O–H groups in total. The maximum Gasteiger partial charge on any atom is 0.149 e. The van der Waals surface area contributed by atoms with Crippen LogP contribution in [-0.2, 0) is 19.5 Å². The van der Waals surface area contributed by atoms with E-state index in [1.165, 1.54) is 11.6 Å². The molecule has 0 fully saturated rings. The van der Waals surface area contributed by atoms with Gasteiger partial charge in [0, 0.05) is 55.3 Å². The summed E-state index contributed by atoms with van der Waals surface area (Å²) in [5, 5.41) is 3.34. The molecule has 0 atom stereocenters. The van der Waals surface area contributed by atoms with Gasteiger partial charge in [-0.05, 0) is 50.5 Å². The minimum atomic E-state index is -0.344. The van der Waals surface area contributed by atoms with Crippen LogP contribution in [0, 0.1) is 12.7 Å². The Morgan fingerprint density at radius 2 is 2.08 bits per heavy atom. The van der Waals surface area contributed by atoms with Crippen LogP contribution < -0.4 is 10.2 Å². The first kappa shape index (κ1) is 25.2. The lowest BCUT2D eigenvalue weighted by Gasteiger charge is -2.30. The molecule has 1 aliphatic heterocycles. The summed E-state index contributed by atoms with van der Waals surface area (Å²) >= 11 is 0. The molecule has 7 heteroatoms. The molecule has 0 aliphatic carbocycles. The van der Waals surface area contributed by atoms with Gasteiger partial charge in [0.15, 0.2) is 0 Å². The Bertz CT molecular complexity index is 1310. The van der Waals surface area contributed by atoms with Crippen molar-refractivity contribution in [2.75, 3.05) is 16.8 Å². The Kier molecular flexibility index (Phi) is 8.21. The van der Waals surface area contributed by atoms with Crippen molar-refractivity contribution in [3.63, 3.8) is 0 Å². The van der Waals surface area contributed by atoms with Gasteiger partial charge < -0.3 is 10.2 Å². The molecule has 3 aromatic heterocycles. The number of nitrogens with one attached hydrogen (secondary N) is 1. The zero-order valence-corrected chi connectivity index (χ0v) is 21.4. The smallest absolute Gasteiger partial charge is 0.149 e. The van der Waals surface area contributed by atoms with Gasteiger partial charge in [0.2, 0.25) is 0 Å². The highest BCUT2D eigenvalue weighted by molar-refractivity contribution is 5.74. The largest absolute Gasteiger partial charge is 0.366 e. The minimum Gasteiger partial charge on any atom is -0.366 e. The molecule has 6 nitrogen and oxygen atoms in total. The molecule has 1 aliphatic rings. The van der Waals surface area contributed by atoms with Crippen LogP contribution in [0.5, 0.6) is 0 Å². The van der Waals surface area contributed by atoms with Crippen molar-refractivity contribution in [3.05, 3.63) is 101 Å². The summed E-state index contributed by atoms with van der Waals surface area (Å²) < 4.78 is 15.1. The average Bonchev–Trinajstić information content (AvgIpc) is 2.88. The molecular formula is C29H33FN6. The number of anilines is 2. The summed E-state index contributed by atoms with van der Waals surface area (Å²) in [6.07, 6.45) is 14.8. The monoisotopic (exact) mass is 484 g/mol. The quantitative estimate of drug-likeness (QED) is 0.384. The van der Waals surface area contributed by atoms with E-state index < -0.39 is 0 Å². The first-order valence-electron chi connectivity index (χ1n) is 12.4. The second-order valence-electron chi connectivity index (χ2n) is 8.94. The van der Waals surface area contributed by atoms with Gasteiger partial charge in [-0.25, -0.2) is 14.4 Å². The number of halogens is 1. The zero-order chi connectivity index (χ0) is 25.5. The second-order valence-corrected chi connectivity index (χ2v) is 8.94. The highest BCUT2D eigenvalue weighted by Gasteiger charge is 2.21. The zero-order valence-electron chi connectivity index (χ0n) is 21.4. The molecule has 4 heterocycles. The third-order valence-corrected chi connectivity index (χ3v) is 6.21. The number of hydrogen-bond acceptors (Lipinski definition) is 6. The molecule has 0 amide bonds. The summed E-state index contributed by atoms with van der Waals surface area (Å²) in [4.78, 5) is 20.2. The van der Waals surface area contributed by atoms with Crippen LogP contribution >= 0.6 is 0 Å². The Morgan fingerprint density at radius 3 is 2.86 bits per heavy atom. The van der Waals surface area contributed by atoms with Crippen molar-refractivity contribution in [3.8, 4) is 0 Å². The van der Waals surface area contributed by atoms with Gasteiger partial charge in [0.25, 0.3) is 0 Å². The van der Waals surface area contributed by atoms with Gasteiger partial charge in [0.05, 0.1) is 0 Å². The number of aromatic nitrogens is 4. The number of fused-ring (bicyclic) bond motifs is 1. The van der Waals surface area contributed by atoms with E-state index in [1.54, 1.807) is 12.5 Å². The third-order valence-electron chi connectivity index (χ3n) is 6.21. The lowest BCUT2D eigenvalue weighted by Crippen LogP contribution is -2.32. The predicted octanol–water partition coefficient (Wildman–Crippen LogP) is 6.20. The van der Waals surface area contributed by atoms with E-state index in [4.69, 9.17) is 0 Å². The second kappa shape index (κ2) is 11.7. The number of nitrogens with zero attached hydrogens (tertiary/aromatic N) is 5. The predicted molar refractivity (Wildman–Crippen MR) is 144 cm³/mol. The van der Waals surface area contributed by atoms with Gasteiger partial charge in [-0.2, -0.15) is 0 Å². The molecule has 36 heavy (non-hydrogen) atoms. The van der Waals surface area contributed by atoms with Crippen molar-refractivity contribution in [2.24, 2.45) is 0 Å². The van der Waals surface area contributed by atoms with E-state index in [2.05, 4.69) is 49.2 Å². The van der Waals surface area contributed by atoms with Crippen LogP contribution in [0.3, 0.4) is 0 Å². The van der Waals surface area contributed by atoms with Gasteiger partial charge in [0.1, 0.15) is 29.5 Å². The fraction of sp³-hybridized carbons (Fsp3) is 0.310. The number of rotatable bonds is 8. The summed E-state index contributed by atoms with van der Waals surface area (Å²) in [6, 6.07) is 5.63. The van der Waals surface area contributed by atoms with Crippen molar-refractivity contribution in [1.29, 1.82) is 0 Å². The maximum atomic E-state index is 15.1. The van der Waals surface area contributed by atoms with Gasteiger partial charge >= 0.3 is 0 Å². The Morgan fingerprint density at radius 1 is 1.22 bits per heavy atom. The molecule has 0 unspecified atom stereocenters. The van der Waals surface area contributed by atoms with Crippen molar-refractivity contribution < 1.29 is 4.39 Å². The van der Waals surface area contributed by atoms with Crippen LogP contribution in [0.15, 0.2) is 66.8 Å². The Hall–Kier alpha value is -3.87. The van der Waals surface area contributed by atoms with Gasteiger partial charge in [-0.3, -0.25) is 9.97 Å². The van der Waals surface area contributed by atoms with E-state index in [9.17, 15) is 0 Å². The molecule has 0 bridgehead atoms. The Balaban J connectivity index is 1.49. The molecule has 0 aromatic carbocycles. The van der Waals surface area contributed by atoms with E-state index in [-0.39, 0.29) is 5.82 Å². The summed E-state index contributed by atoms with van der Waals surface area (Å²) in [6.45, 7) is 10.1. The molecular weight excluding hydrogens is 451 g/mol. The number of pyridine rings is 2. The van der Waals surface area contributed by atoms with Crippen molar-refractivity contribution >= 4 is 17.2 Å². The molecule has 0 radical (unpaired) electrons. The highest BCUT2D eigenvalue weighted by atomic mass is 19.1. The van der Waals surface area contributed by atoms with Crippen molar-refractivity contribution in [2.45, 2.75) is 53.6 Å². The lowest BCUT2D eigenvalue weighted by molar-refractivity contribution is 0.614. The van der Waals surface area contributed by atoms with Crippen LogP contribution in [0.4, 0.5) is 16.0 Å². The summed E-state index contributed by atoms with van der Waals surface area (Å²) in [5.74, 6) is 1.29. The third kappa shape index (κ3) is 5.85. The van der Waals surface area contributed by atoms with E-state index >= 15 is 4.39 Å². The topological polar surface area (TPSA) is 66.8 Å². The molecule has 186 valence electrons. The molecule has 0 spiro atoms. The standard InChI is InChI=1S/C29H33FN6/c1-5-8-20(3)14-23(9-6-2)27-25(30)15-22(16-32-27)17-33-28-21(4)29(35-19-34-28)36-13-11-26-24(18-36)10-7-12-31-26/h6-10,12,14-16,19H,5,11,13,17-18H2,1-4H3,(H,33,34,35)/b9-6-,20-8+,23-14+. The number of hydrogen-bond donors (Lipinski definition) is 1. The normalized spacial score (nSPS) is 14.3. The Labute approximate surface area is 212 Å². The molecule has 4 rings (SSSR count). The van der Waals surface area contributed by atoms with Crippen LogP contribution in [0.2, 0.25) is 0 Å². The van der Waals surface area contributed by atoms with Crippen molar-refractivity contribution in [1.82, 2.24) is 19.9 Å². The van der Waals surface area contributed by atoms with E-state index in [0.29, 0.717) is 12.2 Å². The van der Waals surface area contributed by atoms with E-state index in [1.807, 2.05) is 51.3 Å². The summed E-state index contributed by atoms with van der Waals surface area (Å²) in [5.41, 5.74) is 6.28. The van der Waals surface area contributed by atoms with Gasteiger partial charge in [-0.1, -0.05) is 42.9 Å². The fourth-order valence-electron chi connectivity index (χ4n) is 4.46. The van der Waals surface area contributed by atoms with Gasteiger partial charge in [-0.15, -0.1) is 0 Å². The minimum absolute atomic E-state index is 0.344. The van der Waals surface area contributed by atoms with Crippen LogP contribution in [0.1, 0.15) is 55.3 Å². The maximum absolute atomic E-state index is 15.1. The first-order chi connectivity index (χ1) is 17.5. The van der Waals surface area contributed by atoms with E-state index in [0.717, 1.165) is 65.5 Å². The molecule has 0 saturated carbocycles.